The van der Waals surface area contributed by atoms with E-state index >= 15 is 0 Å². The van der Waals surface area contributed by atoms with Crippen molar-refractivity contribution >= 4 is 5.91 Å². The van der Waals surface area contributed by atoms with Crippen molar-refractivity contribution in [1.82, 2.24) is 14.7 Å². The van der Waals surface area contributed by atoms with Crippen molar-refractivity contribution in [3.05, 3.63) is 41.7 Å². The Balaban J connectivity index is 1.54. The summed E-state index contributed by atoms with van der Waals surface area (Å²) in [6.07, 6.45) is 9.69. The highest BCUT2D eigenvalue weighted by molar-refractivity contribution is 5.79. The second-order valence-corrected chi connectivity index (χ2v) is 7.42. The van der Waals surface area contributed by atoms with Gasteiger partial charge in [0.2, 0.25) is 5.91 Å². The molecular weight excluding hydrogens is 326 g/mol. The number of rotatable bonds is 3. The number of benzene rings is 1. The molecule has 0 bridgehead atoms. The molecule has 2 heterocycles. The van der Waals surface area contributed by atoms with Crippen LogP contribution in [0.2, 0.25) is 0 Å². The van der Waals surface area contributed by atoms with Crippen LogP contribution in [0.25, 0.3) is 5.69 Å². The van der Waals surface area contributed by atoms with Crippen LogP contribution in [0.4, 0.5) is 0 Å². The highest BCUT2D eigenvalue weighted by atomic mass is 16.5. The topological polar surface area (TPSA) is 47.4 Å². The lowest BCUT2D eigenvalue weighted by Gasteiger charge is -2.28. The van der Waals surface area contributed by atoms with Crippen molar-refractivity contribution in [1.29, 1.82) is 0 Å². The van der Waals surface area contributed by atoms with Gasteiger partial charge in [-0.05, 0) is 49.9 Å². The maximum absolute atomic E-state index is 12.9. The lowest BCUT2D eigenvalue weighted by Crippen LogP contribution is -2.36. The molecule has 0 atom stereocenters. The molecule has 0 radical (unpaired) electrons. The highest BCUT2D eigenvalue weighted by Crippen LogP contribution is 2.28. The normalized spacial score (nSPS) is 18.3. The van der Waals surface area contributed by atoms with E-state index in [0.717, 1.165) is 43.7 Å². The number of fused-ring (bicyclic) bond motifs is 1. The fraction of sp³-hybridized carbons (Fsp3) is 0.524. The van der Waals surface area contributed by atoms with Gasteiger partial charge in [-0.3, -0.25) is 4.79 Å². The molecule has 1 aromatic carbocycles. The largest absolute Gasteiger partial charge is 0.497 e. The Morgan fingerprint density at radius 2 is 1.88 bits per heavy atom. The number of hydrogen-bond donors (Lipinski definition) is 0. The summed E-state index contributed by atoms with van der Waals surface area (Å²) in [5, 5.41) is 4.61. The van der Waals surface area contributed by atoms with Crippen LogP contribution in [0.5, 0.6) is 5.75 Å². The minimum Gasteiger partial charge on any atom is -0.497 e. The first-order valence-corrected chi connectivity index (χ1v) is 9.75. The Kier molecular flexibility index (Phi) is 4.96. The monoisotopic (exact) mass is 353 g/mol. The van der Waals surface area contributed by atoms with E-state index < -0.39 is 0 Å². The summed E-state index contributed by atoms with van der Waals surface area (Å²) in [6, 6.07) is 7.97. The van der Waals surface area contributed by atoms with Crippen molar-refractivity contribution in [2.75, 3.05) is 13.7 Å². The van der Waals surface area contributed by atoms with E-state index in [4.69, 9.17) is 4.74 Å². The van der Waals surface area contributed by atoms with Gasteiger partial charge in [-0.15, -0.1) is 0 Å². The number of nitrogens with zero attached hydrogens (tertiary/aromatic N) is 3. The SMILES string of the molecule is COc1ccc(-n2ncc3c2CCCN(C(=O)C2CCCCC2)C3)cc1. The first kappa shape index (κ1) is 17.1. The fourth-order valence-corrected chi connectivity index (χ4v) is 4.27. The van der Waals surface area contributed by atoms with Crippen LogP contribution < -0.4 is 4.74 Å². The molecule has 2 aromatic rings. The Labute approximate surface area is 154 Å². The second-order valence-electron chi connectivity index (χ2n) is 7.42. The molecule has 1 fully saturated rings. The van der Waals surface area contributed by atoms with Crippen molar-refractivity contribution in [2.24, 2.45) is 5.92 Å². The molecule has 5 nitrogen and oxygen atoms in total. The Bertz CT molecular complexity index is 760. The third-order valence-electron chi connectivity index (χ3n) is 5.74. The van der Waals surface area contributed by atoms with Crippen molar-refractivity contribution in [3.63, 3.8) is 0 Å². The van der Waals surface area contributed by atoms with E-state index in [9.17, 15) is 4.79 Å². The summed E-state index contributed by atoms with van der Waals surface area (Å²) >= 11 is 0. The van der Waals surface area contributed by atoms with E-state index in [-0.39, 0.29) is 5.92 Å². The Morgan fingerprint density at radius 3 is 2.62 bits per heavy atom. The average Bonchev–Trinajstić information content (AvgIpc) is 2.97. The third-order valence-corrected chi connectivity index (χ3v) is 5.74. The van der Waals surface area contributed by atoms with Crippen molar-refractivity contribution in [3.8, 4) is 11.4 Å². The number of carbonyl (C=O) groups is 1. The lowest BCUT2D eigenvalue weighted by atomic mass is 9.88. The predicted octanol–water partition coefficient (Wildman–Crippen LogP) is 3.74. The zero-order chi connectivity index (χ0) is 17.9. The van der Waals surface area contributed by atoms with Gasteiger partial charge in [0.15, 0.2) is 0 Å². The minimum atomic E-state index is 0.238. The number of ether oxygens (including phenoxy) is 1. The third kappa shape index (κ3) is 3.35. The number of amides is 1. The summed E-state index contributed by atoms with van der Waals surface area (Å²) in [6.45, 7) is 1.55. The molecule has 0 N–H and O–H groups in total. The molecule has 5 heteroatoms. The zero-order valence-electron chi connectivity index (χ0n) is 15.5. The van der Waals surface area contributed by atoms with Crippen LogP contribution in [0, 0.1) is 5.92 Å². The molecule has 138 valence electrons. The molecule has 0 saturated heterocycles. The number of aromatic nitrogens is 2. The van der Waals surface area contributed by atoms with Crippen molar-refractivity contribution in [2.45, 2.75) is 51.5 Å². The van der Waals surface area contributed by atoms with Crippen molar-refractivity contribution < 1.29 is 9.53 Å². The molecule has 2 aliphatic rings. The van der Waals surface area contributed by atoms with E-state index in [1.807, 2.05) is 35.1 Å². The van der Waals surface area contributed by atoms with Gasteiger partial charge >= 0.3 is 0 Å². The molecular formula is C21H27N3O2. The molecule has 1 aliphatic carbocycles. The molecule has 0 unspecified atom stereocenters. The van der Waals surface area contributed by atoms with Gasteiger partial charge in [0, 0.05) is 30.3 Å². The van der Waals surface area contributed by atoms with Crippen LogP contribution in [0.3, 0.4) is 0 Å². The molecule has 0 spiro atoms. The smallest absolute Gasteiger partial charge is 0.225 e. The van der Waals surface area contributed by atoms with Crippen LogP contribution in [-0.2, 0) is 17.8 Å². The molecule has 26 heavy (non-hydrogen) atoms. The van der Waals surface area contributed by atoms with Gasteiger partial charge in [-0.1, -0.05) is 19.3 Å². The zero-order valence-corrected chi connectivity index (χ0v) is 15.5. The summed E-state index contributed by atoms with van der Waals surface area (Å²) in [5.41, 5.74) is 3.45. The number of methoxy groups -OCH3 is 1. The molecule has 1 aromatic heterocycles. The van der Waals surface area contributed by atoms with Crippen LogP contribution >= 0.6 is 0 Å². The minimum absolute atomic E-state index is 0.238. The summed E-state index contributed by atoms with van der Waals surface area (Å²) < 4.78 is 7.26. The molecule has 1 aliphatic heterocycles. The summed E-state index contributed by atoms with van der Waals surface area (Å²) in [4.78, 5) is 15.0. The van der Waals surface area contributed by atoms with Gasteiger partial charge in [0.25, 0.3) is 0 Å². The average molecular weight is 353 g/mol. The number of hydrogen-bond acceptors (Lipinski definition) is 3. The quantitative estimate of drug-likeness (QED) is 0.845. The van der Waals surface area contributed by atoms with Gasteiger partial charge in [0.05, 0.1) is 19.0 Å². The lowest BCUT2D eigenvalue weighted by molar-refractivity contribution is -0.137. The summed E-state index contributed by atoms with van der Waals surface area (Å²) in [7, 11) is 1.67. The van der Waals surface area contributed by atoms with Gasteiger partial charge < -0.3 is 9.64 Å². The van der Waals surface area contributed by atoms with E-state index in [0.29, 0.717) is 12.5 Å². The fourth-order valence-electron chi connectivity index (χ4n) is 4.27. The van der Waals surface area contributed by atoms with Crippen LogP contribution in [0.15, 0.2) is 30.5 Å². The van der Waals surface area contributed by atoms with E-state index in [1.54, 1.807) is 7.11 Å². The first-order chi connectivity index (χ1) is 12.8. The maximum atomic E-state index is 12.9. The van der Waals surface area contributed by atoms with Crippen LogP contribution in [-0.4, -0.2) is 34.2 Å². The van der Waals surface area contributed by atoms with E-state index in [1.165, 1.54) is 30.5 Å². The highest BCUT2D eigenvalue weighted by Gasteiger charge is 2.28. The second kappa shape index (κ2) is 7.52. The van der Waals surface area contributed by atoms with Gasteiger partial charge in [-0.25, -0.2) is 4.68 Å². The molecule has 1 amide bonds. The number of carbonyl (C=O) groups excluding carboxylic acids is 1. The predicted molar refractivity (Wildman–Crippen MR) is 100 cm³/mol. The van der Waals surface area contributed by atoms with E-state index in [2.05, 4.69) is 10.00 Å². The van der Waals surface area contributed by atoms with Crippen LogP contribution in [0.1, 0.15) is 49.8 Å². The Hall–Kier alpha value is -2.30. The molecule has 4 rings (SSSR count). The molecule has 1 saturated carbocycles. The summed E-state index contributed by atoms with van der Waals surface area (Å²) in [5.74, 6) is 1.44. The van der Waals surface area contributed by atoms with Gasteiger partial charge in [0.1, 0.15) is 5.75 Å². The maximum Gasteiger partial charge on any atom is 0.225 e. The first-order valence-electron chi connectivity index (χ1n) is 9.75. The van der Waals surface area contributed by atoms with Gasteiger partial charge in [-0.2, -0.15) is 5.10 Å². The Morgan fingerprint density at radius 1 is 1.12 bits per heavy atom. The standard InChI is InChI=1S/C21H27N3O2/c1-26-19-11-9-18(10-12-19)24-20-8-5-13-23(15-17(20)14-22-24)21(25)16-6-3-2-4-7-16/h9-12,14,16H,2-8,13,15H2,1H3.